The Labute approximate surface area is 82.8 Å². The third-order valence-electron chi connectivity index (χ3n) is 1.35. The summed E-state index contributed by atoms with van der Waals surface area (Å²) in [6.45, 7) is 7.34. The van der Waals surface area contributed by atoms with E-state index in [9.17, 15) is 4.79 Å². The summed E-state index contributed by atoms with van der Waals surface area (Å²) >= 11 is 0. The summed E-state index contributed by atoms with van der Waals surface area (Å²) in [5, 5.41) is 0. The van der Waals surface area contributed by atoms with Gasteiger partial charge in [-0.05, 0) is 20.8 Å². The van der Waals surface area contributed by atoms with Crippen LogP contribution in [0.3, 0.4) is 0 Å². The maximum absolute atomic E-state index is 11.1. The van der Waals surface area contributed by atoms with Crippen LogP contribution in [0, 0.1) is 0 Å². The minimum absolute atomic E-state index is 0.158. The first-order chi connectivity index (χ1) is 5.95. The summed E-state index contributed by atoms with van der Waals surface area (Å²) in [7, 11) is 4.11. The monoisotopic (exact) mass is 205 g/mol. The average Bonchev–Trinajstić information content (AvgIpc) is 2.05. The number of amides is 2. The molecule has 0 aliphatic rings. The highest BCUT2D eigenvalue weighted by Crippen LogP contribution is 1.96. The highest BCUT2D eigenvalue weighted by molar-refractivity contribution is 7.15. The van der Waals surface area contributed by atoms with Gasteiger partial charge in [0.05, 0.1) is 0 Å². The molecule has 0 aromatic carbocycles. The SMILES string of the molecule is C/C(N)=N\C(=O)N(C)C(C)C.CP. The molecular weight excluding hydrogens is 185 g/mol. The zero-order valence-electron chi connectivity index (χ0n) is 9.03. The zero-order chi connectivity index (χ0) is 11.0. The highest BCUT2D eigenvalue weighted by atomic mass is 31.0. The van der Waals surface area contributed by atoms with Gasteiger partial charge >= 0.3 is 6.03 Å². The predicted molar refractivity (Wildman–Crippen MR) is 61.2 cm³/mol. The van der Waals surface area contributed by atoms with Gasteiger partial charge in [-0.3, -0.25) is 0 Å². The predicted octanol–water partition coefficient (Wildman–Crippen LogP) is 1.31. The van der Waals surface area contributed by atoms with Gasteiger partial charge in [-0.15, -0.1) is 9.24 Å². The minimum Gasteiger partial charge on any atom is -0.387 e. The van der Waals surface area contributed by atoms with Crippen LogP contribution in [-0.2, 0) is 0 Å². The van der Waals surface area contributed by atoms with E-state index in [-0.39, 0.29) is 12.1 Å². The van der Waals surface area contributed by atoms with Crippen LogP contribution in [0.4, 0.5) is 4.79 Å². The molecule has 0 aliphatic carbocycles. The van der Waals surface area contributed by atoms with E-state index in [1.54, 1.807) is 14.0 Å². The molecule has 13 heavy (non-hydrogen) atoms. The van der Waals surface area contributed by atoms with Gasteiger partial charge in [0.25, 0.3) is 0 Å². The third kappa shape index (κ3) is 7.72. The normalized spacial score (nSPS) is 10.5. The summed E-state index contributed by atoms with van der Waals surface area (Å²) in [6.07, 6.45) is 0. The number of hydrogen-bond donors (Lipinski definition) is 1. The van der Waals surface area contributed by atoms with Gasteiger partial charge in [0, 0.05) is 13.1 Å². The second kappa shape index (κ2) is 7.99. The van der Waals surface area contributed by atoms with E-state index in [1.165, 1.54) is 4.90 Å². The van der Waals surface area contributed by atoms with Gasteiger partial charge < -0.3 is 10.6 Å². The van der Waals surface area contributed by atoms with Crippen LogP contribution in [0.2, 0.25) is 0 Å². The highest BCUT2D eigenvalue weighted by Gasteiger charge is 2.09. The molecule has 78 valence electrons. The Morgan fingerprint density at radius 1 is 1.46 bits per heavy atom. The number of rotatable bonds is 1. The Hall–Kier alpha value is -0.630. The van der Waals surface area contributed by atoms with Gasteiger partial charge in [0.1, 0.15) is 5.84 Å². The molecule has 5 heteroatoms. The minimum atomic E-state index is -0.292. The van der Waals surface area contributed by atoms with Crippen molar-refractivity contribution < 1.29 is 4.79 Å². The van der Waals surface area contributed by atoms with Crippen molar-refractivity contribution in [2.24, 2.45) is 10.7 Å². The van der Waals surface area contributed by atoms with E-state index >= 15 is 0 Å². The Balaban J connectivity index is 0. The van der Waals surface area contributed by atoms with Crippen LogP contribution in [0.5, 0.6) is 0 Å². The van der Waals surface area contributed by atoms with Crippen molar-refractivity contribution in [3.63, 3.8) is 0 Å². The number of nitrogens with zero attached hydrogens (tertiary/aromatic N) is 2. The summed E-state index contributed by atoms with van der Waals surface area (Å²) in [4.78, 5) is 16.2. The van der Waals surface area contributed by atoms with Gasteiger partial charge in [0.2, 0.25) is 0 Å². The zero-order valence-corrected chi connectivity index (χ0v) is 10.2. The lowest BCUT2D eigenvalue weighted by molar-refractivity contribution is 0.208. The van der Waals surface area contributed by atoms with Crippen molar-refractivity contribution >= 4 is 21.1 Å². The lowest BCUT2D eigenvalue weighted by Crippen LogP contribution is -2.31. The van der Waals surface area contributed by atoms with Crippen LogP contribution in [-0.4, -0.2) is 36.5 Å². The molecule has 0 rings (SSSR count). The molecule has 0 spiro atoms. The molecule has 0 aromatic heterocycles. The van der Waals surface area contributed by atoms with Crippen molar-refractivity contribution in [1.29, 1.82) is 0 Å². The Bertz CT molecular complexity index is 176. The van der Waals surface area contributed by atoms with Gasteiger partial charge in [-0.1, -0.05) is 6.66 Å². The molecule has 0 radical (unpaired) electrons. The number of carbonyl (C=O) groups is 1. The van der Waals surface area contributed by atoms with Crippen molar-refractivity contribution in [3.05, 3.63) is 0 Å². The Morgan fingerprint density at radius 2 is 1.85 bits per heavy atom. The molecule has 0 aliphatic heterocycles. The Morgan fingerprint density at radius 3 is 2.08 bits per heavy atom. The van der Waals surface area contributed by atoms with Gasteiger partial charge in [-0.2, -0.15) is 4.99 Å². The van der Waals surface area contributed by atoms with Crippen LogP contribution < -0.4 is 5.73 Å². The van der Waals surface area contributed by atoms with Crippen LogP contribution in [0.25, 0.3) is 0 Å². The number of urea groups is 1. The molecular formula is C8H20N3OP. The summed E-state index contributed by atoms with van der Waals surface area (Å²) in [6, 6.07) is -0.134. The molecule has 0 aromatic rings. The molecule has 0 fully saturated rings. The Kier molecular flexibility index (Phi) is 9.14. The van der Waals surface area contributed by atoms with E-state index in [1.807, 2.05) is 20.5 Å². The number of nitrogens with two attached hydrogens (primary N) is 1. The molecule has 0 heterocycles. The van der Waals surface area contributed by atoms with Gasteiger partial charge in [-0.25, -0.2) is 4.79 Å². The van der Waals surface area contributed by atoms with Crippen molar-refractivity contribution in [1.82, 2.24) is 4.90 Å². The first-order valence-corrected chi connectivity index (χ1v) is 5.26. The van der Waals surface area contributed by atoms with Gasteiger partial charge in [0.15, 0.2) is 0 Å². The standard InChI is InChI=1S/C7H15N3O.CH5P/c1-5(2)10(4)7(11)9-6(3)8;1-2/h5H,1-4H3,(H2,8,9,11);2H2,1H3. The maximum atomic E-state index is 11.1. The van der Waals surface area contributed by atoms with Crippen molar-refractivity contribution in [2.45, 2.75) is 26.8 Å². The van der Waals surface area contributed by atoms with Crippen molar-refractivity contribution in [2.75, 3.05) is 13.7 Å². The quantitative estimate of drug-likeness (QED) is 0.398. The fourth-order valence-electron chi connectivity index (χ4n) is 0.451. The van der Waals surface area contributed by atoms with Crippen LogP contribution in [0.1, 0.15) is 20.8 Å². The smallest absolute Gasteiger partial charge is 0.345 e. The van der Waals surface area contributed by atoms with Crippen LogP contribution >= 0.6 is 9.24 Å². The van der Waals surface area contributed by atoms with Crippen LogP contribution in [0.15, 0.2) is 4.99 Å². The largest absolute Gasteiger partial charge is 0.387 e. The average molecular weight is 205 g/mol. The maximum Gasteiger partial charge on any atom is 0.345 e. The molecule has 4 nitrogen and oxygen atoms in total. The first-order valence-electron chi connectivity index (χ1n) is 4.10. The summed E-state index contributed by atoms with van der Waals surface area (Å²) < 4.78 is 0. The molecule has 2 amide bonds. The number of hydrogen-bond acceptors (Lipinski definition) is 1. The number of aliphatic imine (C=N–C) groups is 1. The fourth-order valence-corrected chi connectivity index (χ4v) is 0.451. The lowest BCUT2D eigenvalue weighted by atomic mass is 10.4. The summed E-state index contributed by atoms with van der Waals surface area (Å²) in [5.41, 5.74) is 5.23. The third-order valence-corrected chi connectivity index (χ3v) is 1.35. The molecule has 1 atom stereocenters. The van der Waals surface area contributed by atoms with E-state index in [4.69, 9.17) is 5.73 Å². The number of carbonyl (C=O) groups excluding carboxylic acids is 1. The van der Waals surface area contributed by atoms with E-state index < -0.39 is 0 Å². The first kappa shape index (κ1) is 14.9. The van der Waals surface area contributed by atoms with E-state index in [0.29, 0.717) is 5.84 Å². The topological polar surface area (TPSA) is 58.7 Å². The molecule has 0 saturated heterocycles. The lowest BCUT2D eigenvalue weighted by Gasteiger charge is -2.18. The molecule has 0 bridgehead atoms. The van der Waals surface area contributed by atoms with E-state index in [0.717, 1.165) is 0 Å². The molecule has 1 unspecified atom stereocenters. The summed E-state index contributed by atoms with van der Waals surface area (Å²) in [5.74, 6) is 0.294. The molecule has 0 saturated carbocycles. The van der Waals surface area contributed by atoms with E-state index in [2.05, 4.69) is 14.2 Å². The second-order valence-electron chi connectivity index (χ2n) is 2.74. The van der Waals surface area contributed by atoms with Crippen molar-refractivity contribution in [3.8, 4) is 0 Å². The number of amidine groups is 1. The molecule has 2 N–H and O–H groups in total. The second-order valence-corrected chi connectivity index (χ2v) is 2.74. The fraction of sp³-hybridized carbons (Fsp3) is 0.750.